The average Bonchev–Trinajstić information content (AvgIpc) is 2.37. The first-order valence-electron chi connectivity index (χ1n) is 6.32. The number of rotatable bonds is 4. The van der Waals surface area contributed by atoms with Crippen LogP contribution in [0.4, 0.5) is 10.1 Å². The van der Waals surface area contributed by atoms with Gasteiger partial charge in [-0.2, -0.15) is 0 Å². The molecule has 1 atom stereocenters. The molecule has 100 valence electrons. The average molecular weight is 278 g/mol. The van der Waals surface area contributed by atoms with Gasteiger partial charge in [0.25, 0.3) is 0 Å². The molecule has 0 aliphatic rings. The van der Waals surface area contributed by atoms with Crippen LogP contribution in [0.25, 0.3) is 0 Å². The second-order valence-electron chi connectivity index (χ2n) is 4.84. The van der Waals surface area contributed by atoms with Gasteiger partial charge in [-0.05, 0) is 55.7 Å². The van der Waals surface area contributed by atoms with Gasteiger partial charge in [-0.3, -0.25) is 0 Å². The van der Waals surface area contributed by atoms with Crippen LogP contribution in [0.5, 0.6) is 0 Å². The first kappa shape index (κ1) is 13.9. The zero-order valence-corrected chi connectivity index (χ0v) is 11.8. The van der Waals surface area contributed by atoms with Gasteiger partial charge in [-0.15, -0.1) is 0 Å². The van der Waals surface area contributed by atoms with E-state index < -0.39 is 0 Å². The first-order chi connectivity index (χ1) is 9.04. The van der Waals surface area contributed by atoms with Gasteiger partial charge in [0.2, 0.25) is 0 Å². The Balaban J connectivity index is 1.98. The standard InChI is InChI=1S/C16H17ClFN/c1-11-3-8-15(10-16(11)17)19-12(2)9-13-4-6-14(18)7-5-13/h3-8,10,12,19H,9H2,1-2H3. The van der Waals surface area contributed by atoms with Gasteiger partial charge in [-0.1, -0.05) is 29.8 Å². The van der Waals surface area contributed by atoms with Gasteiger partial charge in [0.15, 0.2) is 0 Å². The van der Waals surface area contributed by atoms with E-state index in [0.29, 0.717) is 0 Å². The highest BCUT2D eigenvalue weighted by Gasteiger charge is 2.05. The monoisotopic (exact) mass is 277 g/mol. The maximum absolute atomic E-state index is 12.8. The third kappa shape index (κ3) is 3.97. The molecular formula is C16H17ClFN. The molecule has 19 heavy (non-hydrogen) atoms. The molecule has 1 nitrogen and oxygen atoms in total. The molecule has 0 heterocycles. The minimum atomic E-state index is -0.199. The van der Waals surface area contributed by atoms with Crippen LogP contribution in [-0.4, -0.2) is 6.04 Å². The SMILES string of the molecule is Cc1ccc(NC(C)Cc2ccc(F)cc2)cc1Cl. The lowest BCUT2D eigenvalue weighted by Gasteiger charge is -2.16. The Morgan fingerprint density at radius 3 is 2.47 bits per heavy atom. The van der Waals surface area contributed by atoms with E-state index in [1.807, 2.05) is 37.3 Å². The minimum absolute atomic E-state index is 0.199. The third-order valence-corrected chi connectivity index (χ3v) is 3.45. The van der Waals surface area contributed by atoms with Crippen LogP contribution in [0.1, 0.15) is 18.1 Å². The highest BCUT2D eigenvalue weighted by atomic mass is 35.5. The van der Waals surface area contributed by atoms with Crippen LogP contribution in [0.15, 0.2) is 42.5 Å². The Morgan fingerprint density at radius 2 is 1.84 bits per heavy atom. The molecule has 1 unspecified atom stereocenters. The van der Waals surface area contributed by atoms with E-state index in [1.165, 1.54) is 12.1 Å². The predicted molar refractivity (Wildman–Crippen MR) is 79.4 cm³/mol. The number of anilines is 1. The Bertz CT molecular complexity index is 551. The quantitative estimate of drug-likeness (QED) is 0.844. The summed E-state index contributed by atoms with van der Waals surface area (Å²) in [5.41, 5.74) is 3.18. The van der Waals surface area contributed by atoms with Crippen molar-refractivity contribution in [1.82, 2.24) is 0 Å². The van der Waals surface area contributed by atoms with Crippen LogP contribution in [0, 0.1) is 12.7 Å². The molecule has 0 fully saturated rings. The number of aryl methyl sites for hydroxylation is 1. The van der Waals surface area contributed by atoms with Gasteiger partial charge in [-0.25, -0.2) is 4.39 Å². The van der Waals surface area contributed by atoms with Gasteiger partial charge < -0.3 is 5.32 Å². The molecule has 0 radical (unpaired) electrons. The van der Waals surface area contributed by atoms with E-state index >= 15 is 0 Å². The van der Waals surface area contributed by atoms with E-state index in [0.717, 1.165) is 28.3 Å². The van der Waals surface area contributed by atoms with Crippen molar-refractivity contribution in [2.24, 2.45) is 0 Å². The maximum atomic E-state index is 12.8. The van der Waals surface area contributed by atoms with Crippen molar-refractivity contribution in [3.63, 3.8) is 0 Å². The van der Waals surface area contributed by atoms with Crippen LogP contribution in [0.2, 0.25) is 5.02 Å². The fourth-order valence-corrected chi connectivity index (χ4v) is 2.17. The van der Waals surface area contributed by atoms with Crippen LogP contribution in [-0.2, 0) is 6.42 Å². The van der Waals surface area contributed by atoms with Crippen molar-refractivity contribution in [2.45, 2.75) is 26.3 Å². The molecule has 0 bridgehead atoms. The van der Waals surface area contributed by atoms with Gasteiger partial charge in [0, 0.05) is 16.8 Å². The summed E-state index contributed by atoms with van der Waals surface area (Å²) < 4.78 is 12.8. The van der Waals surface area contributed by atoms with Crippen LogP contribution < -0.4 is 5.32 Å². The molecule has 2 rings (SSSR count). The fourth-order valence-electron chi connectivity index (χ4n) is 1.99. The summed E-state index contributed by atoms with van der Waals surface area (Å²) in [5.74, 6) is -0.199. The number of benzene rings is 2. The highest BCUT2D eigenvalue weighted by molar-refractivity contribution is 6.31. The molecule has 0 saturated carbocycles. The van der Waals surface area contributed by atoms with E-state index in [-0.39, 0.29) is 11.9 Å². The summed E-state index contributed by atoms with van der Waals surface area (Å²) in [6.07, 6.45) is 0.839. The molecule has 0 aromatic heterocycles. The lowest BCUT2D eigenvalue weighted by atomic mass is 10.1. The summed E-state index contributed by atoms with van der Waals surface area (Å²) in [7, 11) is 0. The third-order valence-electron chi connectivity index (χ3n) is 3.04. The molecular weight excluding hydrogens is 261 g/mol. The van der Waals surface area contributed by atoms with Crippen molar-refractivity contribution in [2.75, 3.05) is 5.32 Å². The Hall–Kier alpha value is -1.54. The predicted octanol–water partition coefficient (Wildman–Crippen LogP) is 4.83. The Morgan fingerprint density at radius 1 is 1.16 bits per heavy atom. The molecule has 3 heteroatoms. The summed E-state index contributed by atoms with van der Waals surface area (Å²) in [5, 5.41) is 4.16. The number of nitrogens with one attached hydrogen (secondary N) is 1. The number of hydrogen-bond donors (Lipinski definition) is 1. The molecule has 1 N–H and O–H groups in total. The maximum Gasteiger partial charge on any atom is 0.123 e. The Kier molecular flexibility index (Phi) is 4.43. The molecule has 0 saturated heterocycles. The van der Waals surface area contributed by atoms with Crippen LogP contribution in [0.3, 0.4) is 0 Å². The van der Waals surface area contributed by atoms with Crippen molar-refractivity contribution >= 4 is 17.3 Å². The largest absolute Gasteiger partial charge is 0.382 e. The lowest BCUT2D eigenvalue weighted by Crippen LogP contribution is -2.18. The topological polar surface area (TPSA) is 12.0 Å². The van der Waals surface area contributed by atoms with Gasteiger partial charge in [0.05, 0.1) is 0 Å². The van der Waals surface area contributed by atoms with E-state index in [9.17, 15) is 4.39 Å². The molecule has 0 aliphatic carbocycles. The van der Waals surface area contributed by atoms with Crippen molar-refractivity contribution < 1.29 is 4.39 Å². The van der Waals surface area contributed by atoms with E-state index in [1.54, 1.807) is 0 Å². The fraction of sp³-hybridized carbons (Fsp3) is 0.250. The van der Waals surface area contributed by atoms with E-state index in [2.05, 4.69) is 12.2 Å². The van der Waals surface area contributed by atoms with Crippen molar-refractivity contribution in [3.05, 3.63) is 64.4 Å². The zero-order chi connectivity index (χ0) is 13.8. The summed E-state index contributed by atoms with van der Waals surface area (Å²) in [6, 6.07) is 12.8. The summed E-state index contributed by atoms with van der Waals surface area (Å²) in [6.45, 7) is 4.07. The van der Waals surface area contributed by atoms with Crippen molar-refractivity contribution in [3.8, 4) is 0 Å². The summed E-state index contributed by atoms with van der Waals surface area (Å²) >= 11 is 6.09. The molecule has 0 spiro atoms. The highest BCUT2D eigenvalue weighted by Crippen LogP contribution is 2.21. The molecule has 2 aromatic carbocycles. The zero-order valence-electron chi connectivity index (χ0n) is 11.1. The second-order valence-corrected chi connectivity index (χ2v) is 5.25. The van der Waals surface area contributed by atoms with Crippen molar-refractivity contribution in [1.29, 1.82) is 0 Å². The normalized spacial score (nSPS) is 12.2. The lowest BCUT2D eigenvalue weighted by molar-refractivity contribution is 0.626. The second kappa shape index (κ2) is 6.07. The smallest absolute Gasteiger partial charge is 0.123 e. The van der Waals surface area contributed by atoms with Crippen LogP contribution >= 0.6 is 11.6 Å². The first-order valence-corrected chi connectivity index (χ1v) is 6.69. The van der Waals surface area contributed by atoms with Gasteiger partial charge in [0.1, 0.15) is 5.82 Å². The summed E-state index contributed by atoms with van der Waals surface area (Å²) in [4.78, 5) is 0. The Labute approximate surface area is 118 Å². The number of halogens is 2. The number of hydrogen-bond acceptors (Lipinski definition) is 1. The molecule has 2 aromatic rings. The van der Waals surface area contributed by atoms with Gasteiger partial charge >= 0.3 is 0 Å². The molecule has 0 amide bonds. The van der Waals surface area contributed by atoms with E-state index in [4.69, 9.17) is 11.6 Å². The minimum Gasteiger partial charge on any atom is -0.382 e. The molecule has 0 aliphatic heterocycles.